The van der Waals surface area contributed by atoms with Crippen LogP contribution >= 0.6 is 0 Å². The van der Waals surface area contributed by atoms with Gasteiger partial charge in [0.2, 0.25) is 11.8 Å². The molecule has 3 aromatic carbocycles. The van der Waals surface area contributed by atoms with Crippen LogP contribution in [-0.2, 0) is 26.2 Å². The Bertz CT molecular complexity index is 1500. The molecule has 43 heavy (non-hydrogen) atoms. The van der Waals surface area contributed by atoms with Gasteiger partial charge in [-0.3, -0.25) is 13.9 Å². The number of hydrogen-bond donors (Lipinski definition) is 1. The molecular weight excluding hydrogens is 566 g/mol. The molecule has 0 radical (unpaired) electrons. The summed E-state index contributed by atoms with van der Waals surface area (Å²) in [5.74, 6) is 0.163. The second-order valence-corrected chi connectivity index (χ2v) is 12.6. The van der Waals surface area contributed by atoms with E-state index in [0.717, 1.165) is 41.1 Å². The molecule has 0 aromatic heterocycles. The van der Waals surface area contributed by atoms with E-state index in [1.165, 1.54) is 24.1 Å². The van der Waals surface area contributed by atoms with Gasteiger partial charge in [0, 0.05) is 12.6 Å². The SMILES string of the molecule is CC[C@H](C(=O)NC1CCCC1)N(Cc1cccc(OC)c1)C(=O)CN(c1ccccc1OC)S(=O)(=O)c1ccc(C)cc1. The fourth-order valence-corrected chi connectivity index (χ4v) is 6.87. The van der Waals surface area contributed by atoms with Gasteiger partial charge in [-0.1, -0.05) is 61.7 Å². The molecule has 0 unspecified atom stereocenters. The lowest BCUT2D eigenvalue weighted by Crippen LogP contribution is -2.53. The molecule has 3 aromatic rings. The highest BCUT2D eigenvalue weighted by Gasteiger charge is 2.35. The van der Waals surface area contributed by atoms with Crippen LogP contribution in [0, 0.1) is 6.92 Å². The minimum Gasteiger partial charge on any atom is -0.497 e. The molecular formula is C33H41N3O6S. The van der Waals surface area contributed by atoms with Crippen molar-refractivity contribution in [2.45, 2.75) is 69.5 Å². The number of nitrogens with one attached hydrogen (secondary N) is 1. The lowest BCUT2D eigenvalue weighted by molar-refractivity contribution is -0.140. The van der Waals surface area contributed by atoms with E-state index in [1.807, 2.05) is 32.0 Å². The van der Waals surface area contributed by atoms with Gasteiger partial charge >= 0.3 is 0 Å². The fourth-order valence-electron chi connectivity index (χ4n) is 5.44. The van der Waals surface area contributed by atoms with E-state index in [2.05, 4.69) is 5.32 Å². The van der Waals surface area contributed by atoms with Gasteiger partial charge in [-0.2, -0.15) is 0 Å². The van der Waals surface area contributed by atoms with Gasteiger partial charge < -0.3 is 19.7 Å². The van der Waals surface area contributed by atoms with Gasteiger partial charge in [0.1, 0.15) is 24.1 Å². The molecule has 2 amide bonds. The molecule has 4 rings (SSSR count). The summed E-state index contributed by atoms with van der Waals surface area (Å²) in [6.45, 7) is 3.28. The lowest BCUT2D eigenvalue weighted by Gasteiger charge is -2.34. The van der Waals surface area contributed by atoms with Crippen molar-refractivity contribution in [1.29, 1.82) is 0 Å². The summed E-state index contributed by atoms with van der Waals surface area (Å²) in [5, 5.41) is 3.13. The molecule has 1 N–H and O–H groups in total. The number of hydrogen-bond acceptors (Lipinski definition) is 6. The zero-order chi connectivity index (χ0) is 31.0. The number of carbonyl (C=O) groups is 2. The van der Waals surface area contributed by atoms with Gasteiger partial charge in [0.05, 0.1) is 24.8 Å². The van der Waals surface area contributed by atoms with Crippen molar-refractivity contribution in [3.8, 4) is 11.5 Å². The van der Waals surface area contributed by atoms with Crippen LogP contribution in [-0.4, -0.2) is 58.0 Å². The average molecular weight is 608 g/mol. The smallest absolute Gasteiger partial charge is 0.264 e. The van der Waals surface area contributed by atoms with Crippen LogP contribution in [0.2, 0.25) is 0 Å². The first kappa shape index (κ1) is 31.9. The number of ether oxygens (including phenoxy) is 2. The zero-order valence-corrected chi connectivity index (χ0v) is 26.1. The van der Waals surface area contributed by atoms with Crippen LogP contribution in [0.15, 0.2) is 77.7 Å². The molecule has 1 aliphatic carbocycles. The Morgan fingerprint density at radius 3 is 2.30 bits per heavy atom. The monoisotopic (exact) mass is 607 g/mol. The molecule has 230 valence electrons. The van der Waals surface area contributed by atoms with Crippen LogP contribution in [0.25, 0.3) is 0 Å². The molecule has 0 aliphatic heterocycles. The topological polar surface area (TPSA) is 105 Å². The predicted octanol–water partition coefficient (Wildman–Crippen LogP) is 5.07. The van der Waals surface area contributed by atoms with Gasteiger partial charge in [-0.05, 0) is 68.1 Å². The molecule has 0 spiro atoms. The van der Waals surface area contributed by atoms with Crippen molar-refractivity contribution < 1.29 is 27.5 Å². The van der Waals surface area contributed by atoms with E-state index in [9.17, 15) is 18.0 Å². The third-order valence-electron chi connectivity index (χ3n) is 7.82. The van der Waals surface area contributed by atoms with Crippen LogP contribution < -0.4 is 19.1 Å². The minimum atomic E-state index is -4.20. The van der Waals surface area contributed by atoms with Crippen molar-refractivity contribution in [3.05, 3.63) is 83.9 Å². The Hall–Kier alpha value is -4.05. The summed E-state index contributed by atoms with van der Waals surface area (Å²) in [6, 6.07) is 19.7. The third-order valence-corrected chi connectivity index (χ3v) is 9.59. The van der Waals surface area contributed by atoms with Crippen molar-refractivity contribution >= 4 is 27.5 Å². The Labute approximate surface area is 254 Å². The number of aryl methyl sites for hydroxylation is 1. The first-order chi connectivity index (χ1) is 20.7. The molecule has 0 heterocycles. The van der Waals surface area contributed by atoms with Crippen LogP contribution in [0.5, 0.6) is 11.5 Å². The summed E-state index contributed by atoms with van der Waals surface area (Å²) >= 11 is 0. The maximum atomic E-state index is 14.3. The Balaban J connectivity index is 1.75. The second-order valence-electron chi connectivity index (χ2n) is 10.8. The van der Waals surface area contributed by atoms with E-state index < -0.39 is 28.5 Å². The quantitative estimate of drug-likeness (QED) is 0.291. The number of para-hydroxylation sites is 2. The van der Waals surface area contributed by atoms with Crippen molar-refractivity contribution in [3.63, 3.8) is 0 Å². The highest BCUT2D eigenvalue weighted by atomic mass is 32.2. The molecule has 1 aliphatic rings. The molecule has 9 nitrogen and oxygen atoms in total. The molecule has 10 heteroatoms. The molecule has 0 bridgehead atoms. The van der Waals surface area contributed by atoms with E-state index >= 15 is 0 Å². The lowest BCUT2D eigenvalue weighted by atomic mass is 10.1. The van der Waals surface area contributed by atoms with Crippen LogP contribution in [0.1, 0.15) is 50.2 Å². The third kappa shape index (κ3) is 7.67. The largest absolute Gasteiger partial charge is 0.497 e. The second kappa shape index (κ2) is 14.4. The number of nitrogens with zero attached hydrogens (tertiary/aromatic N) is 2. The normalized spacial score (nSPS) is 14.1. The molecule has 1 saturated carbocycles. The van der Waals surface area contributed by atoms with Crippen LogP contribution in [0.3, 0.4) is 0 Å². The number of benzene rings is 3. The molecule has 1 fully saturated rings. The standard InChI is InChI=1S/C33H41N3O6S/c1-5-29(33(38)34-26-12-6-7-13-26)35(22-25-11-10-14-27(21-25)41-3)32(37)23-36(30-15-8-9-16-31(30)42-4)43(39,40)28-19-17-24(2)18-20-28/h8-11,14-21,26,29H,5-7,12-13,22-23H2,1-4H3,(H,34,38)/t29-/m1/s1. The predicted molar refractivity (Wildman–Crippen MR) is 167 cm³/mol. The van der Waals surface area contributed by atoms with E-state index in [-0.39, 0.29) is 29.1 Å². The van der Waals surface area contributed by atoms with E-state index in [0.29, 0.717) is 17.9 Å². The summed E-state index contributed by atoms with van der Waals surface area (Å²) in [5.41, 5.74) is 1.89. The summed E-state index contributed by atoms with van der Waals surface area (Å²) in [6.07, 6.45) is 4.27. The highest BCUT2D eigenvalue weighted by Crippen LogP contribution is 2.33. The van der Waals surface area contributed by atoms with Crippen LogP contribution in [0.4, 0.5) is 5.69 Å². The van der Waals surface area contributed by atoms with Gasteiger partial charge in [-0.15, -0.1) is 0 Å². The number of carbonyl (C=O) groups excluding carboxylic acids is 2. The van der Waals surface area contributed by atoms with Gasteiger partial charge in [0.25, 0.3) is 10.0 Å². The maximum absolute atomic E-state index is 14.3. The Kier molecular flexibility index (Phi) is 10.7. The molecule has 0 saturated heterocycles. The number of rotatable bonds is 13. The van der Waals surface area contributed by atoms with Gasteiger partial charge in [-0.25, -0.2) is 8.42 Å². The van der Waals surface area contributed by atoms with Gasteiger partial charge in [0.15, 0.2) is 0 Å². The number of sulfonamides is 1. The number of amides is 2. The maximum Gasteiger partial charge on any atom is 0.264 e. The Morgan fingerprint density at radius 2 is 1.65 bits per heavy atom. The van der Waals surface area contributed by atoms with E-state index in [4.69, 9.17) is 9.47 Å². The number of methoxy groups -OCH3 is 2. The first-order valence-corrected chi connectivity index (χ1v) is 16.1. The van der Waals surface area contributed by atoms with E-state index in [1.54, 1.807) is 49.6 Å². The Morgan fingerprint density at radius 1 is 0.953 bits per heavy atom. The minimum absolute atomic E-state index is 0.0437. The summed E-state index contributed by atoms with van der Waals surface area (Å²) in [7, 11) is -1.19. The summed E-state index contributed by atoms with van der Waals surface area (Å²) in [4.78, 5) is 29.5. The fraction of sp³-hybridized carbons (Fsp3) is 0.394. The van der Waals surface area contributed by atoms with Crippen molar-refractivity contribution in [2.75, 3.05) is 25.1 Å². The first-order valence-electron chi connectivity index (χ1n) is 14.6. The highest BCUT2D eigenvalue weighted by molar-refractivity contribution is 7.92. The number of anilines is 1. The molecule has 1 atom stereocenters. The summed E-state index contributed by atoms with van der Waals surface area (Å²) < 4.78 is 40.2. The van der Waals surface area contributed by atoms with Crippen molar-refractivity contribution in [2.24, 2.45) is 0 Å². The average Bonchev–Trinajstić information content (AvgIpc) is 3.53. The zero-order valence-electron chi connectivity index (χ0n) is 25.3. The van der Waals surface area contributed by atoms with Crippen molar-refractivity contribution in [1.82, 2.24) is 10.2 Å².